The summed E-state index contributed by atoms with van der Waals surface area (Å²) in [7, 11) is 0. The zero-order valence-electron chi connectivity index (χ0n) is 8.26. The van der Waals surface area contributed by atoms with Crippen molar-refractivity contribution < 1.29 is 4.39 Å². The highest BCUT2D eigenvalue weighted by atomic mass is 19.1. The fourth-order valence-corrected chi connectivity index (χ4v) is 1.29. The normalized spacial score (nSPS) is 12.1. The van der Waals surface area contributed by atoms with Gasteiger partial charge in [-0.05, 0) is 31.5 Å². The predicted octanol–water partition coefficient (Wildman–Crippen LogP) is 2.78. The van der Waals surface area contributed by atoms with Crippen LogP contribution < -0.4 is 11.1 Å². The van der Waals surface area contributed by atoms with Crippen LogP contribution in [0.5, 0.6) is 0 Å². The number of nitrogen functional groups attached to an aromatic ring is 1. The lowest BCUT2D eigenvalue weighted by molar-refractivity contribution is 0.628. The number of nitrogens with two attached hydrogens (primary N) is 1. The van der Waals surface area contributed by atoms with Gasteiger partial charge in [0.1, 0.15) is 5.82 Å². The van der Waals surface area contributed by atoms with Crippen molar-refractivity contribution in [1.82, 2.24) is 0 Å². The highest BCUT2D eigenvalue weighted by Crippen LogP contribution is 2.16. The first-order valence-electron chi connectivity index (χ1n) is 4.55. The third-order valence-corrected chi connectivity index (χ3v) is 1.85. The molecule has 0 fully saturated rings. The standard InChI is InChI=1S/C11H15FN2/c1-3-4-8(2)14-11-6-9(12)5-10(13)7-11/h3,5-8,14H,1,4,13H2,2H3. The summed E-state index contributed by atoms with van der Waals surface area (Å²) in [4.78, 5) is 0. The van der Waals surface area contributed by atoms with Crippen LogP contribution in [-0.4, -0.2) is 6.04 Å². The molecule has 2 nitrogen and oxygen atoms in total. The van der Waals surface area contributed by atoms with Gasteiger partial charge in [-0.1, -0.05) is 6.08 Å². The Labute approximate surface area is 83.6 Å². The molecule has 1 aromatic carbocycles. The van der Waals surface area contributed by atoms with Crippen molar-refractivity contribution in [2.24, 2.45) is 0 Å². The minimum Gasteiger partial charge on any atom is -0.399 e. The Morgan fingerprint density at radius 2 is 2.29 bits per heavy atom. The Bertz CT molecular complexity index is 303. The monoisotopic (exact) mass is 194 g/mol. The summed E-state index contributed by atoms with van der Waals surface area (Å²) < 4.78 is 12.9. The van der Waals surface area contributed by atoms with Crippen molar-refractivity contribution in [3.8, 4) is 0 Å². The molecular weight excluding hydrogens is 179 g/mol. The van der Waals surface area contributed by atoms with Crippen LogP contribution in [0.25, 0.3) is 0 Å². The third-order valence-electron chi connectivity index (χ3n) is 1.85. The van der Waals surface area contributed by atoms with Crippen LogP contribution >= 0.6 is 0 Å². The second kappa shape index (κ2) is 4.65. The van der Waals surface area contributed by atoms with Crippen molar-refractivity contribution in [2.45, 2.75) is 19.4 Å². The number of hydrogen-bond donors (Lipinski definition) is 2. The molecule has 0 radical (unpaired) electrons. The first kappa shape index (κ1) is 10.6. The van der Waals surface area contributed by atoms with Gasteiger partial charge in [-0.15, -0.1) is 6.58 Å². The van der Waals surface area contributed by atoms with Gasteiger partial charge in [-0.3, -0.25) is 0 Å². The Hall–Kier alpha value is -1.51. The molecule has 0 saturated carbocycles. The molecule has 1 aromatic rings. The van der Waals surface area contributed by atoms with Crippen molar-refractivity contribution >= 4 is 11.4 Å². The van der Waals surface area contributed by atoms with Crippen LogP contribution in [0.3, 0.4) is 0 Å². The molecule has 0 bridgehead atoms. The lowest BCUT2D eigenvalue weighted by atomic mass is 10.2. The molecule has 0 aliphatic carbocycles. The molecule has 14 heavy (non-hydrogen) atoms. The van der Waals surface area contributed by atoms with Gasteiger partial charge in [0.05, 0.1) is 0 Å². The van der Waals surface area contributed by atoms with Crippen LogP contribution in [-0.2, 0) is 0 Å². The van der Waals surface area contributed by atoms with Crippen molar-refractivity contribution in [2.75, 3.05) is 11.1 Å². The van der Waals surface area contributed by atoms with E-state index >= 15 is 0 Å². The molecule has 3 N–H and O–H groups in total. The largest absolute Gasteiger partial charge is 0.399 e. The van der Waals surface area contributed by atoms with E-state index in [9.17, 15) is 4.39 Å². The SMILES string of the molecule is C=CCC(C)Nc1cc(N)cc(F)c1. The van der Waals surface area contributed by atoms with Gasteiger partial charge < -0.3 is 11.1 Å². The first-order chi connectivity index (χ1) is 6.61. The Morgan fingerprint density at radius 3 is 2.86 bits per heavy atom. The average molecular weight is 194 g/mol. The lowest BCUT2D eigenvalue weighted by Crippen LogP contribution is -2.14. The Morgan fingerprint density at radius 1 is 1.57 bits per heavy atom. The summed E-state index contributed by atoms with van der Waals surface area (Å²) in [5, 5.41) is 3.13. The third kappa shape index (κ3) is 3.09. The van der Waals surface area contributed by atoms with Gasteiger partial charge >= 0.3 is 0 Å². The summed E-state index contributed by atoms with van der Waals surface area (Å²) in [6, 6.07) is 4.66. The molecule has 76 valence electrons. The number of halogens is 1. The van der Waals surface area contributed by atoms with Gasteiger partial charge in [0.25, 0.3) is 0 Å². The van der Waals surface area contributed by atoms with E-state index in [1.807, 2.05) is 13.0 Å². The molecule has 0 aromatic heterocycles. The molecule has 0 amide bonds. The van der Waals surface area contributed by atoms with E-state index < -0.39 is 0 Å². The molecule has 0 saturated heterocycles. The second-order valence-electron chi connectivity index (χ2n) is 3.34. The van der Waals surface area contributed by atoms with E-state index in [0.29, 0.717) is 11.4 Å². The highest BCUT2D eigenvalue weighted by Gasteiger charge is 2.01. The maximum absolute atomic E-state index is 12.9. The molecule has 0 aliphatic rings. The summed E-state index contributed by atoms with van der Waals surface area (Å²) in [6.45, 7) is 5.64. The van der Waals surface area contributed by atoms with Gasteiger partial charge in [0.15, 0.2) is 0 Å². The second-order valence-corrected chi connectivity index (χ2v) is 3.34. The molecule has 0 aliphatic heterocycles. The zero-order valence-corrected chi connectivity index (χ0v) is 8.26. The average Bonchev–Trinajstić information content (AvgIpc) is 2.01. The fraction of sp³-hybridized carbons (Fsp3) is 0.273. The van der Waals surface area contributed by atoms with E-state index in [-0.39, 0.29) is 11.9 Å². The van der Waals surface area contributed by atoms with Gasteiger partial charge in [0.2, 0.25) is 0 Å². The zero-order chi connectivity index (χ0) is 10.6. The maximum atomic E-state index is 12.9. The van der Waals surface area contributed by atoms with E-state index in [4.69, 9.17) is 5.73 Å². The summed E-state index contributed by atoms with van der Waals surface area (Å²) in [5.74, 6) is -0.321. The Kier molecular flexibility index (Phi) is 3.51. The molecule has 0 spiro atoms. The minimum absolute atomic E-state index is 0.230. The van der Waals surface area contributed by atoms with Crippen molar-refractivity contribution in [1.29, 1.82) is 0 Å². The number of anilines is 2. The summed E-state index contributed by atoms with van der Waals surface area (Å²) in [5.41, 5.74) is 6.64. The highest BCUT2D eigenvalue weighted by molar-refractivity contribution is 5.55. The number of nitrogens with one attached hydrogen (secondary N) is 1. The quantitative estimate of drug-likeness (QED) is 0.571. The summed E-state index contributed by atoms with van der Waals surface area (Å²) >= 11 is 0. The van der Waals surface area contributed by atoms with E-state index in [2.05, 4.69) is 11.9 Å². The first-order valence-corrected chi connectivity index (χ1v) is 4.55. The van der Waals surface area contributed by atoms with Crippen molar-refractivity contribution in [3.05, 3.63) is 36.7 Å². The van der Waals surface area contributed by atoms with Gasteiger partial charge in [0, 0.05) is 17.4 Å². The topological polar surface area (TPSA) is 38.0 Å². The van der Waals surface area contributed by atoms with Gasteiger partial charge in [-0.25, -0.2) is 4.39 Å². The molecule has 1 unspecified atom stereocenters. The van der Waals surface area contributed by atoms with E-state index in [0.717, 1.165) is 6.42 Å². The predicted molar refractivity (Wildman–Crippen MR) is 58.7 cm³/mol. The number of rotatable bonds is 4. The smallest absolute Gasteiger partial charge is 0.127 e. The van der Waals surface area contributed by atoms with Crippen LogP contribution in [0.2, 0.25) is 0 Å². The van der Waals surface area contributed by atoms with E-state index in [1.165, 1.54) is 12.1 Å². The molecule has 1 rings (SSSR count). The molecule has 1 atom stereocenters. The molecular formula is C11H15FN2. The number of benzene rings is 1. The Balaban J connectivity index is 2.71. The fourth-order valence-electron chi connectivity index (χ4n) is 1.29. The van der Waals surface area contributed by atoms with Crippen LogP contribution in [0.1, 0.15) is 13.3 Å². The lowest BCUT2D eigenvalue weighted by Gasteiger charge is -2.13. The molecule has 0 heterocycles. The van der Waals surface area contributed by atoms with E-state index in [1.54, 1.807) is 6.07 Å². The van der Waals surface area contributed by atoms with Crippen LogP contribution in [0.15, 0.2) is 30.9 Å². The van der Waals surface area contributed by atoms with Gasteiger partial charge in [-0.2, -0.15) is 0 Å². The van der Waals surface area contributed by atoms with Crippen LogP contribution in [0.4, 0.5) is 15.8 Å². The number of hydrogen-bond acceptors (Lipinski definition) is 2. The molecule has 3 heteroatoms. The maximum Gasteiger partial charge on any atom is 0.127 e. The van der Waals surface area contributed by atoms with Crippen molar-refractivity contribution in [3.63, 3.8) is 0 Å². The summed E-state index contributed by atoms with van der Waals surface area (Å²) in [6.07, 6.45) is 2.65. The minimum atomic E-state index is -0.321. The van der Waals surface area contributed by atoms with Crippen LogP contribution in [0, 0.1) is 5.82 Å².